The van der Waals surface area contributed by atoms with Crippen LogP contribution in [0.25, 0.3) is 0 Å². The first-order valence-corrected chi connectivity index (χ1v) is 4.92. The summed E-state index contributed by atoms with van der Waals surface area (Å²) in [6.07, 6.45) is 0. The van der Waals surface area contributed by atoms with Crippen LogP contribution in [0.5, 0.6) is 5.75 Å². The van der Waals surface area contributed by atoms with Crippen molar-refractivity contribution in [2.75, 3.05) is 7.11 Å². The second-order valence-corrected chi connectivity index (χ2v) is 3.60. The van der Waals surface area contributed by atoms with E-state index in [1.54, 1.807) is 18.2 Å². The van der Waals surface area contributed by atoms with Crippen LogP contribution in [0.1, 0.15) is 5.56 Å². The summed E-state index contributed by atoms with van der Waals surface area (Å²) in [5.74, 6) is 0.175. The summed E-state index contributed by atoms with van der Waals surface area (Å²) >= 11 is 1.08. The molecule has 0 saturated carbocycles. The summed E-state index contributed by atoms with van der Waals surface area (Å²) in [6.45, 7) is 0. The number of hydrogen-bond acceptors (Lipinski definition) is 3. The molecule has 76 valence electrons. The van der Waals surface area contributed by atoms with Crippen LogP contribution < -0.4 is 10.5 Å². The van der Waals surface area contributed by atoms with Gasteiger partial charge in [-0.05, 0) is 6.07 Å². The molecule has 0 aliphatic carbocycles. The molecule has 0 amide bonds. The van der Waals surface area contributed by atoms with Gasteiger partial charge in [0.2, 0.25) is 0 Å². The third-order valence-corrected chi connectivity index (χ3v) is 2.41. The molecule has 0 fully saturated rings. The first kappa shape index (κ1) is 10.8. The Bertz CT molecular complexity index is 344. The Morgan fingerprint density at radius 1 is 1.64 bits per heavy atom. The molecule has 0 bridgehead atoms. The van der Waals surface area contributed by atoms with Crippen LogP contribution in [-0.2, 0) is 5.75 Å². The third-order valence-electron chi connectivity index (χ3n) is 1.65. The lowest BCUT2D eigenvalue weighted by Crippen LogP contribution is -2.04. The summed E-state index contributed by atoms with van der Waals surface area (Å²) in [5, 5.41) is 6.98. The van der Waals surface area contributed by atoms with Gasteiger partial charge in [0.1, 0.15) is 0 Å². The highest BCUT2D eigenvalue weighted by molar-refractivity contribution is 8.13. The van der Waals surface area contributed by atoms with E-state index in [1.807, 2.05) is 0 Å². The molecule has 3 N–H and O–H groups in total. The number of halogens is 1. The molecule has 5 heteroatoms. The van der Waals surface area contributed by atoms with Gasteiger partial charge >= 0.3 is 0 Å². The quantitative estimate of drug-likeness (QED) is 0.597. The normalized spacial score (nSPS) is 9.86. The summed E-state index contributed by atoms with van der Waals surface area (Å²) in [6, 6.07) is 4.91. The highest BCUT2D eigenvalue weighted by Crippen LogP contribution is 2.23. The van der Waals surface area contributed by atoms with Crippen molar-refractivity contribution in [3.05, 3.63) is 29.6 Å². The molecule has 0 unspecified atom stereocenters. The van der Waals surface area contributed by atoms with Gasteiger partial charge in [-0.25, -0.2) is 4.39 Å². The van der Waals surface area contributed by atoms with Crippen molar-refractivity contribution in [3.63, 3.8) is 0 Å². The van der Waals surface area contributed by atoms with E-state index in [0.717, 1.165) is 11.8 Å². The van der Waals surface area contributed by atoms with Crippen LogP contribution in [0.2, 0.25) is 0 Å². The van der Waals surface area contributed by atoms with Gasteiger partial charge in [0.25, 0.3) is 0 Å². The second-order valence-electron chi connectivity index (χ2n) is 2.59. The Hall–Kier alpha value is -1.23. The van der Waals surface area contributed by atoms with E-state index >= 15 is 0 Å². The van der Waals surface area contributed by atoms with Gasteiger partial charge < -0.3 is 10.5 Å². The SMILES string of the molecule is COc1cccc(CSC(=N)N)c1F. The molecule has 0 spiro atoms. The van der Waals surface area contributed by atoms with Crippen LogP contribution >= 0.6 is 11.8 Å². The summed E-state index contributed by atoms with van der Waals surface area (Å²) < 4.78 is 18.3. The molecule has 0 saturated heterocycles. The first-order chi connectivity index (χ1) is 6.65. The van der Waals surface area contributed by atoms with Crippen LogP contribution in [0, 0.1) is 11.2 Å². The van der Waals surface area contributed by atoms with E-state index < -0.39 is 0 Å². The van der Waals surface area contributed by atoms with Crippen molar-refractivity contribution in [2.45, 2.75) is 5.75 Å². The Balaban J connectivity index is 2.81. The fourth-order valence-corrected chi connectivity index (χ4v) is 1.51. The molecule has 0 radical (unpaired) electrons. The predicted molar refractivity (Wildman–Crippen MR) is 56.2 cm³/mol. The van der Waals surface area contributed by atoms with Crippen LogP contribution in [-0.4, -0.2) is 12.3 Å². The van der Waals surface area contributed by atoms with Gasteiger partial charge in [-0.15, -0.1) is 0 Å². The maximum Gasteiger partial charge on any atom is 0.169 e. The number of amidine groups is 1. The van der Waals surface area contributed by atoms with E-state index in [-0.39, 0.29) is 16.7 Å². The number of methoxy groups -OCH3 is 1. The van der Waals surface area contributed by atoms with E-state index in [4.69, 9.17) is 15.9 Å². The van der Waals surface area contributed by atoms with Gasteiger partial charge in [-0.3, -0.25) is 5.41 Å². The lowest BCUT2D eigenvalue weighted by Gasteiger charge is -2.06. The number of nitrogens with one attached hydrogen (secondary N) is 1. The average molecular weight is 214 g/mol. The summed E-state index contributed by atoms with van der Waals surface area (Å²) in [5.41, 5.74) is 5.64. The third kappa shape index (κ3) is 2.63. The van der Waals surface area contributed by atoms with E-state index in [9.17, 15) is 4.39 Å². The van der Waals surface area contributed by atoms with Crippen molar-refractivity contribution in [1.82, 2.24) is 0 Å². The molecular weight excluding hydrogens is 203 g/mol. The Morgan fingerprint density at radius 2 is 2.36 bits per heavy atom. The van der Waals surface area contributed by atoms with Gasteiger partial charge in [0.15, 0.2) is 16.7 Å². The predicted octanol–water partition coefficient (Wildman–Crippen LogP) is 1.96. The summed E-state index contributed by atoms with van der Waals surface area (Å²) in [4.78, 5) is 0. The van der Waals surface area contributed by atoms with Crippen molar-refractivity contribution in [3.8, 4) is 5.75 Å². The monoisotopic (exact) mass is 214 g/mol. The number of benzene rings is 1. The van der Waals surface area contributed by atoms with Gasteiger partial charge in [-0.2, -0.15) is 0 Å². The zero-order valence-electron chi connectivity index (χ0n) is 7.71. The molecule has 14 heavy (non-hydrogen) atoms. The minimum atomic E-state index is -0.385. The highest BCUT2D eigenvalue weighted by atomic mass is 32.2. The minimum Gasteiger partial charge on any atom is -0.494 e. The van der Waals surface area contributed by atoms with E-state index in [1.165, 1.54) is 7.11 Å². The molecule has 0 aromatic heterocycles. The van der Waals surface area contributed by atoms with E-state index in [0.29, 0.717) is 11.3 Å². The molecule has 0 aliphatic rings. The smallest absolute Gasteiger partial charge is 0.169 e. The van der Waals surface area contributed by atoms with E-state index in [2.05, 4.69) is 0 Å². The molecule has 1 rings (SSSR count). The number of hydrogen-bond donors (Lipinski definition) is 2. The molecule has 0 aliphatic heterocycles. The van der Waals surface area contributed by atoms with Crippen LogP contribution in [0.3, 0.4) is 0 Å². The molecule has 0 heterocycles. The molecule has 1 aromatic carbocycles. The standard InChI is InChI=1S/C9H11FN2OS/c1-13-7-4-2-3-6(8(7)10)5-14-9(11)12/h2-4H,5H2,1H3,(H3,11,12). The van der Waals surface area contributed by atoms with Gasteiger partial charge in [0, 0.05) is 11.3 Å². The Labute approximate surface area is 86.0 Å². The van der Waals surface area contributed by atoms with Crippen LogP contribution in [0.4, 0.5) is 4.39 Å². The Kier molecular flexibility index (Phi) is 3.76. The minimum absolute atomic E-state index is 0.0211. The molecular formula is C9H11FN2OS. The lowest BCUT2D eigenvalue weighted by atomic mass is 10.2. The van der Waals surface area contributed by atoms with Crippen molar-refractivity contribution in [2.24, 2.45) is 5.73 Å². The van der Waals surface area contributed by atoms with Crippen molar-refractivity contribution in [1.29, 1.82) is 5.41 Å². The van der Waals surface area contributed by atoms with Crippen molar-refractivity contribution < 1.29 is 9.13 Å². The molecule has 0 atom stereocenters. The lowest BCUT2D eigenvalue weighted by molar-refractivity contribution is 0.385. The summed E-state index contributed by atoms with van der Waals surface area (Å²) in [7, 11) is 1.42. The molecule has 1 aromatic rings. The number of thioether (sulfide) groups is 1. The molecule has 3 nitrogen and oxygen atoms in total. The highest BCUT2D eigenvalue weighted by Gasteiger charge is 2.08. The topological polar surface area (TPSA) is 59.1 Å². The Morgan fingerprint density at radius 3 is 2.93 bits per heavy atom. The van der Waals surface area contributed by atoms with Gasteiger partial charge in [0.05, 0.1) is 7.11 Å². The average Bonchev–Trinajstić information content (AvgIpc) is 2.16. The number of nitrogens with two attached hydrogens (primary N) is 1. The fourth-order valence-electron chi connectivity index (χ4n) is 0.981. The van der Waals surface area contributed by atoms with Crippen molar-refractivity contribution >= 4 is 16.9 Å². The van der Waals surface area contributed by atoms with Gasteiger partial charge in [-0.1, -0.05) is 23.9 Å². The van der Waals surface area contributed by atoms with Crippen LogP contribution in [0.15, 0.2) is 18.2 Å². The zero-order chi connectivity index (χ0) is 10.6. The maximum absolute atomic E-state index is 13.5. The number of ether oxygens (including phenoxy) is 1. The fraction of sp³-hybridized carbons (Fsp3) is 0.222. The number of rotatable bonds is 3. The first-order valence-electron chi connectivity index (χ1n) is 3.93. The second kappa shape index (κ2) is 4.85. The zero-order valence-corrected chi connectivity index (χ0v) is 8.53. The maximum atomic E-state index is 13.5. The largest absolute Gasteiger partial charge is 0.494 e.